The Kier molecular flexibility index (Phi) is 24.1. The van der Waals surface area contributed by atoms with Gasteiger partial charge in [0, 0.05) is 60.7 Å². The first-order valence-corrected chi connectivity index (χ1v) is 36.0. The minimum Gasteiger partial charge on any atom is -0.444 e. The Balaban J connectivity index is 0.000000205. The standard InChI is InChI=1S/C36H47FN6O8.C32H43FN6O7.C4H5ClO/c1-35(2,3)51-33(48)38-27-13-8-6-4-5-7-11-23-17-36(23,32(47)41-40-29(44)21-14-15-21)39-30(45)28-16-24(19-43(28)31(27)46)50-34(49)42-18-22-10-9-12-26(37)25(22)20-42;1-31(2,3)46-29(43)35-24-13-8-6-4-5-7-11-20-15-32(20,28(42)37-34)36-26(40)25-14-21(17-39(25)27(24)41)45-30(44)38-16-19-10-9-12-23(33)22(19)18-38;5-4(6)3-1-2-3/h7,9-12,21,23-24,27-28H,4-6,8,13-20H2,1-3H3,(H,38,48)(H,39,45)(H,40,44)(H,41,47);7,9-12,20-21,24-25H,4-6,8,13-18,34H2,1-3H3,(H,35,43)(H,36,40)(H,37,42);3H,1-2H2/b2*11-7-;/t23-,24-,27+,28+,36-;20-,21-,24+,25+,32-;/m11./s1. The van der Waals surface area contributed by atoms with E-state index in [1.807, 2.05) is 24.3 Å². The van der Waals surface area contributed by atoms with Crippen molar-refractivity contribution in [3.63, 3.8) is 0 Å². The number of carbonyl (C=O) groups is 12. The second-order valence-electron chi connectivity index (χ2n) is 30.3. The number of alkyl carbamates (subject to hydrolysis) is 2. The molecule has 0 radical (unpaired) electrons. The zero-order valence-electron chi connectivity index (χ0n) is 59.0. The fourth-order valence-electron chi connectivity index (χ4n) is 13.8. The van der Waals surface area contributed by atoms with Gasteiger partial charge in [0.15, 0.2) is 0 Å². The molecule has 0 spiro atoms. The second kappa shape index (κ2) is 32.4. The molecule has 9 N–H and O–H groups in total. The predicted molar refractivity (Wildman–Crippen MR) is 366 cm³/mol. The molecule has 6 fully saturated rings. The molecule has 31 heteroatoms. The Hall–Kier alpha value is -8.93. The van der Waals surface area contributed by atoms with E-state index >= 15 is 0 Å². The quantitative estimate of drug-likeness (QED) is 0.0337. The van der Waals surface area contributed by atoms with Gasteiger partial charge in [0.05, 0.1) is 26.2 Å². The molecule has 2 saturated heterocycles. The Morgan fingerprint density at radius 3 is 1.37 bits per heavy atom. The van der Waals surface area contributed by atoms with Crippen molar-refractivity contribution < 1.29 is 85.3 Å². The van der Waals surface area contributed by atoms with Gasteiger partial charge in [-0.2, -0.15) is 0 Å². The van der Waals surface area contributed by atoms with E-state index in [0.717, 1.165) is 64.2 Å². The normalized spacial score (nSPS) is 28.2. The van der Waals surface area contributed by atoms with Crippen molar-refractivity contribution >= 4 is 82.6 Å². The number of hydrogen-bond acceptors (Lipinski definition) is 17. The highest BCUT2D eigenvalue weighted by atomic mass is 35.5. The van der Waals surface area contributed by atoms with Crippen LogP contribution in [0, 0.1) is 35.3 Å². The summed E-state index contributed by atoms with van der Waals surface area (Å²) in [7, 11) is 0. The van der Waals surface area contributed by atoms with Gasteiger partial charge < -0.3 is 50.0 Å². The molecule has 0 bridgehead atoms. The van der Waals surface area contributed by atoms with Gasteiger partial charge in [0.2, 0.25) is 34.8 Å². The summed E-state index contributed by atoms with van der Waals surface area (Å²) in [6, 6.07) is 4.98. The predicted octanol–water partition coefficient (Wildman–Crippen LogP) is 6.78. The summed E-state index contributed by atoms with van der Waals surface area (Å²) >= 11 is 5.04. The maximum Gasteiger partial charge on any atom is 0.410 e. The van der Waals surface area contributed by atoms with Gasteiger partial charge >= 0.3 is 24.4 Å². The monoisotopic (exact) mass is 1460 g/mol. The lowest BCUT2D eigenvalue weighted by atomic mass is 10.0. The molecule has 12 rings (SSSR count). The molecular weight excluding hydrogens is 1360 g/mol. The summed E-state index contributed by atoms with van der Waals surface area (Å²) in [6.07, 6.45) is 13.5. The molecule has 11 amide bonds. The minimum atomic E-state index is -1.37. The molecule has 28 nitrogen and oxygen atoms in total. The first kappa shape index (κ1) is 76.7. The van der Waals surface area contributed by atoms with E-state index in [0.29, 0.717) is 47.9 Å². The molecular formula is C72H95ClF2N12O16. The summed E-state index contributed by atoms with van der Waals surface area (Å²) in [5.74, 6) is 0.379. The molecule has 103 heavy (non-hydrogen) atoms. The Bertz CT molecular complexity index is 3670. The highest BCUT2D eigenvalue weighted by Gasteiger charge is 2.63. The van der Waals surface area contributed by atoms with Crippen molar-refractivity contribution in [3.8, 4) is 0 Å². The van der Waals surface area contributed by atoms with Crippen molar-refractivity contribution in [2.75, 3.05) is 13.1 Å². The SMILES string of the molecule is CC(C)(C)OC(=O)N[C@H]1CCCCC/C=C\[C@@H]2C[C@@]2(C(=O)NN)NC(=O)[C@@H]2C[C@@H](OC(=O)N3Cc4cccc(F)c4C3)CN2C1=O.CC(C)(C)OC(=O)N[C@H]1CCCCC/C=C\[C@@H]2C[C@@]2(C(=O)NNC(=O)C2CC2)NC(=O)[C@@H]2C[C@@H](OC(=O)N3Cc4cccc(F)c4C3)CN2C1=O.O=C(Cl)C1CC1. The molecule has 4 aliphatic carbocycles. The van der Waals surface area contributed by atoms with E-state index in [1.54, 1.807) is 65.8 Å². The fourth-order valence-corrected chi connectivity index (χ4v) is 14.0. The van der Waals surface area contributed by atoms with Gasteiger partial charge in [-0.05, 0) is 153 Å². The zero-order valence-corrected chi connectivity index (χ0v) is 59.8. The summed E-state index contributed by atoms with van der Waals surface area (Å²) < 4.78 is 51.2. The third-order valence-corrected chi connectivity index (χ3v) is 20.2. The topological polar surface area (TPSA) is 365 Å². The number of halogens is 3. The zero-order chi connectivity index (χ0) is 74.3. The van der Waals surface area contributed by atoms with Crippen molar-refractivity contribution in [2.45, 2.75) is 242 Å². The molecule has 4 saturated carbocycles. The number of nitrogens with one attached hydrogen (secondary N) is 7. The van der Waals surface area contributed by atoms with Crippen molar-refractivity contribution in [3.05, 3.63) is 94.6 Å². The van der Waals surface area contributed by atoms with Crippen molar-refractivity contribution in [1.82, 2.24) is 57.1 Å². The maximum absolute atomic E-state index is 14.4. The average molecular weight is 1460 g/mol. The molecule has 10 atom stereocenters. The Morgan fingerprint density at radius 2 is 0.990 bits per heavy atom. The number of nitrogens with two attached hydrogens (primary N) is 1. The van der Waals surface area contributed by atoms with E-state index < -0.39 is 130 Å². The maximum atomic E-state index is 14.4. The number of hydrazine groups is 2. The number of nitrogens with zero attached hydrogens (tertiary/aromatic N) is 4. The summed E-state index contributed by atoms with van der Waals surface area (Å²) in [6.45, 7) is 10.4. The number of ether oxygens (including phenoxy) is 4. The van der Waals surface area contributed by atoms with E-state index in [9.17, 15) is 66.3 Å². The van der Waals surface area contributed by atoms with Crippen LogP contribution in [-0.2, 0) is 83.5 Å². The van der Waals surface area contributed by atoms with Crippen LogP contribution in [0.5, 0.6) is 0 Å². The molecule has 6 aliphatic heterocycles. The minimum absolute atomic E-state index is 0.0197. The lowest BCUT2D eigenvalue weighted by Crippen LogP contribution is -2.59. The summed E-state index contributed by atoms with van der Waals surface area (Å²) in [5, 5.41) is 10.9. The Labute approximate surface area is 601 Å². The average Bonchev–Trinajstić information content (AvgIpc) is 1.58. The van der Waals surface area contributed by atoms with Crippen molar-refractivity contribution in [1.29, 1.82) is 0 Å². The van der Waals surface area contributed by atoms with Crippen LogP contribution in [0.4, 0.5) is 28.0 Å². The number of fused-ring (bicyclic) bond motifs is 6. The Morgan fingerprint density at radius 1 is 0.563 bits per heavy atom. The van der Waals surface area contributed by atoms with Crippen LogP contribution in [0.25, 0.3) is 0 Å². The summed E-state index contributed by atoms with van der Waals surface area (Å²) in [5.41, 5.74) is 5.00. The van der Waals surface area contributed by atoms with Gasteiger partial charge in [0.1, 0.15) is 70.3 Å². The highest BCUT2D eigenvalue weighted by Crippen LogP contribution is 2.47. The number of rotatable bonds is 8. The second-order valence-corrected chi connectivity index (χ2v) is 30.7. The number of benzene rings is 2. The lowest BCUT2D eigenvalue weighted by molar-refractivity contribution is -0.141. The van der Waals surface area contributed by atoms with Crippen LogP contribution in [0.3, 0.4) is 0 Å². The van der Waals surface area contributed by atoms with Crippen LogP contribution in [0.1, 0.15) is 179 Å². The molecule has 10 aliphatic rings. The number of amides is 11. The van der Waals surface area contributed by atoms with Crippen LogP contribution < -0.4 is 43.4 Å². The third kappa shape index (κ3) is 19.7. The molecule has 0 unspecified atom stereocenters. The molecule has 560 valence electrons. The van der Waals surface area contributed by atoms with Crippen LogP contribution in [0.2, 0.25) is 0 Å². The van der Waals surface area contributed by atoms with Crippen LogP contribution >= 0.6 is 11.6 Å². The number of hydrogen-bond donors (Lipinski definition) is 8. The summed E-state index contributed by atoms with van der Waals surface area (Å²) in [4.78, 5) is 163. The van der Waals surface area contributed by atoms with Crippen molar-refractivity contribution in [2.24, 2.45) is 29.5 Å². The molecule has 2 aromatic carbocycles. The van der Waals surface area contributed by atoms with Crippen LogP contribution in [-0.4, -0.2) is 162 Å². The van der Waals surface area contributed by atoms with Gasteiger partial charge in [-0.25, -0.2) is 33.8 Å². The van der Waals surface area contributed by atoms with E-state index in [4.69, 9.17) is 36.4 Å². The molecule has 0 aromatic heterocycles. The van der Waals surface area contributed by atoms with Gasteiger partial charge in [-0.3, -0.25) is 64.4 Å². The fraction of sp³-hybridized carbons (Fsp3) is 0.611. The third-order valence-electron chi connectivity index (χ3n) is 19.9. The van der Waals surface area contributed by atoms with Crippen LogP contribution in [0.15, 0.2) is 60.7 Å². The number of allylic oxidation sites excluding steroid dienone is 2. The van der Waals surface area contributed by atoms with Gasteiger partial charge in [-0.1, -0.05) is 74.3 Å². The van der Waals surface area contributed by atoms with E-state index in [1.165, 1.54) is 31.7 Å². The molecule has 2 aromatic rings. The van der Waals surface area contributed by atoms with Gasteiger partial charge in [-0.15, -0.1) is 0 Å². The smallest absolute Gasteiger partial charge is 0.410 e. The first-order valence-electron chi connectivity index (χ1n) is 35.7. The first-order chi connectivity index (χ1) is 48.8. The van der Waals surface area contributed by atoms with E-state index in [2.05, 4.69) is 37.5 Å². The molecule has 6 heterocycles. The number of carbonyl (C=O) groups excluding carboxylic acids is 12. The van der Waals surface area contributed by atoms with Gasteiger partial charge in [0.25, 0.3) is 11.8 Å². The highest BCUT2D eigenvalue weighted by molar-refractivity contribution is 6.64. The lowest BCUT2D eigenvalue weighted by Gasteiger charge is -2.30. The largest absolute Gasteiger partial charge is 0.444 e. The van der Waals surface area contributed by atoms with E-state index in [-0.39, 0.29) is 99.8 Å².